The normalized spacial score (nSPS) is 11.3. The molecule has 0 saturated carbocycles. The highest BCUT2D eigenvalue weighted by molar-refractivity contribution is 7.92. The lowest BCUT2D eigenvalue weighted by atomic mass is 10.2. The van der Waals surface area contributed by atoms with Gasteiger partial charge in [-0.1, -0.05) is 6.07 Å². The number of phenols is 1. The Hall–Kier alpha value is -2.15. The van der Waals surface area contributed by atoms with Crippen molar-refractivity contribution in [3.63, 3.8) is 0 Å². The van der Waals surface area contributed by atoms with Crippen LogP contribution in [0.15, 0.2) is 41.3 Å². The van der Waals surface area contributed by atoms with E-state index in [-0.39, 0.29) is 16.3 Å². The zero-order chi connectivity index (χ0) is 14.9. The molecule has 7 heteroatoms. The first-order valence-electron chi connectivity index (χ1n) is 5.57. The summed E-state index contributed by atoms with van der Waals surface area (Å²) in [5.74, 6) is -1.96. The van der Waals surface area contributed by atoms with Gasteiger partial charge in [0.05, 0.1) is 10.6 Å². The van der Waals surface area contributed by atoms with E-state index in [1.165, 1.54) is 13.0 Å². The van der Waals surface area contributed by atoms with Gasteiger partial charge in [-0.25, -0.2) is 17.2 Å². The van der Waals surface area contributed by atoms with Gasteiger partial charge in [-0.05, 0) is 36.8 Å². The number of phenolic OH excluding ortho intramolecular Hbond substituents is 1. The minimum Gasteiger partial charge on any atom is -0.508 e. The fraction of sp³-hybridized carbons (Fsp3) is 0.0769. The molecular weight excluding hydrogens is 288 g/mol. The molecule has 0 atom stereocenters. The zero-order valence-corrected chi connectivity index (χ0v) is 11.2. The Balaban J connectivity index is 2.43. The molecule has 0 unspecified atom stereocenters. The van der Waals surface area contributed by atoms with Gasteiger partial charge in [-0.3, -0.25) is 4.72 Å². The largest absolute Gasteiger partial charge is 0.508 e. The van der Waals surface area contributed by atoms with Crippen LogP contribution in [0.1, 0.15) is 5.56 Å². The first-order chi connectivity index (χ1) is 9.29. The number of halogens is 2. The maximum absolute atomic E-state index is 13.5. The molecule has 0 aliphatic heterocycles. The molecule has 2 aromatic rings. The smallest absolute Gasteiger partial charge is 0.262 e. The Bertz CT molecular complexity index is 760. The van der Waals surface area contributed by atoms with Crippen LogP contribution in [-0.2, 0) is 10.0 Å². The molecule has 2 aromatic carbocycles. The lowest BCUT2D eigenvalue weighted by molar-refractivity contribution is 0.469. The second-order valence-electron chi connectivity index (χ2n) is 4.18. The van der Waals surface area contributed by atoms with E-state index in [1.54, 1.807) is 0 Å². The molecule has 0 aromatic heterocycles. The number of aryl methyl sites for hydroxylation is 1. The van der Waals surface area contributed by atoms with Gasteiger partial charge >= 0.3 is 0 Å². The molecule has 0 fully saturated rings. The van der Waals surface area contributed by atoms with Gasteiger partial charge in [0.1, 0.15) is 11.6 Å². The Morgan fingerprint density at radius 2 is 1.80 bits per heavy atom. The van der Waals surface area contributed by atoms with E-state index in [0.29, 0.717) is 5.56 Å². The van der Waals surface area contributed by atoms with E-state index in [2.05, 4.69) is 0 Å². The van der Waals surface area contributed by atoms with Crippen LogP contribution >= 0.6 is 0 Å². The van der Waals surface area contributed by atoms with E-state index >= 15 is 0 Å². The lowest BCUT2D eigenvalue weighted by Gasteiger charge is -2.11. The SMILES string of the molecule is Cc1ccc(F)cc1S(=O)(=O)Nc1ccc(O)cc1F. The van der Waals surface area contributed by atoms with E-state index < -0.39 is 21.7 Å². The maximum Gasteiger partial charge on any atom is 0.262 e. The fourth-order valence-corrected chi connectivity index (χ4v) is 2.97. The van der Waals surface area contributed by atoms with Crippen LogP contribution in [0, 0.1) is 18.6 Å². The van der Waals surface area contributed by atoms with Crippen LogP contribution in [0.4, 0.5) is 14.5 Å². The summed E-state index contributed by atoms with van der Waals surface area (Å²) >= 11 is 0. The first-order valence-corrected chi connectivity index (χ1v) is 7.05. The van der Waals surface area contributed by atoms with Gasteiger partial charge in [-0.2, -0.15) is 0 Å². The molecule has 0 saturated heterocycles. The topological polar surface area (TPSA) is 66.4 Å². The second-order valence-corrected chi connectivity index (χ2v) is 5.83. The summed E-state index contributed by atoms with van der Waals surface area (Å²) in [6.45, 7) is 1.50. The number of sulfonamides is 1. The fourth-order valence-electron chi connectivity index (χ4n) is 1.65. The van der Waals surface area contributed by atoms with Crippen molar-refractivity contribution >= 4 is 15.7 Å². The summed E-state index contributed by atoms with van der Waals surface area (Å²) in [4.78, 5) is -0.273. The molecule has 0 aliphatic carbocycles. The summed E-state index contributed by atoms with van der Waals surface area (Å²) < 4.78 is 52.9. The standard InChI is InChI=1S/C13H11F2NO3S/c1-8-2-3-9(14)6-13(8)20(18,19)16-12-5-4-10(17)7-11(12)15/h2-7,16-17H,1H3. The Kier molecular flexibility index (Phi) is 3.63. The van der Waals surface area contributed by atoms with E-state index in [0.717, 1.165) is 30.3 Å². The average Bonchev–Trinajstić information content (AvgIpc) is 2.35. The summed E-state index contributed by atoms with van der Waals surface area (Å²) in [6, 6.07) is 6.30. The number of rotatable bonds is 3. The molecule has 0 amide bonds. The summed E-state index contributed by atoms with van der Waals surface area (Å²) in [5, 5.41) is 9.07. The molecule has 4 nitrogen and oxygen atoms in total. The highest BCUT2D eigenvalue weighted by atomic mass is 32.2. The summed E-state index contributed by atoms with van der Waals surface area (Å²) in [5.41, 5.74) is 0.00421. The van der Waals surface area contributed by atoms with E-state index in [9.17, 15) is 17.2 Å². The molecule has 106 valence electrons. The van der Waals surface area contributed by atoms with Crippen molar-refractivity contribution in [1.82, 2.24) is 0 Å². The molecule has 0 aliphatic rings. The zero-order valence-electron chi connectivity index (χ0n) is 10.4. The average molecular weight is 299 g/mol. The predicted octanol–water partition coefficient (Wildman–Crippen LogP) is 2.78. The molecule has 0 radical (unpaired) electrons. The number of aromatic hydroxyl groups is 1. The van der Waals surface area contributed by atoms with E-state index in [1.807, 2.05) is 4.72 Å². The highest BCUT2D eigenvalue weighted by Gasteiger charge is 2.19. The predicted molar refractivity (Wildman–Crippen MR) is 70.0 cm³/mol. The number of benzene rings is 2. The molecule has 0 spiro atoms. The monoisotopic (exact) mass is 299 g/mol. The van der Waals surface area contributed by atoms with Crippen molar-refractivity contribution in [3.8, 4) is 5.75 Å². The van der Waals surface area contributed by atoms with Crippen LogP contribution in [0.2, 0.25) is 0 Å². The van der Waals surface area contributed by atoms with Crippen molar-refractivity contribution in [1.29, 1.82) is 0 Å². The molecule has 0 bridgehead atoms. The number of nitrogens with one attached hydrogen (secondary N) is 1. The quantitative estimate of drug-likeness (QED) is 0.856. The first kappa shape index (κ1) is 14.3. The molecule has 2 N–H and O–H groups in total. The van der Waals surface area contributed by atoms with Crippen LogP contribution in [0.3, 0.4) is 0 Å². The molecule has 0 heterocycles. The van der Waals surface area contributed by atoms with E-state index in [4.69, 9.17) is 5.11 Å². The number of anilines is 1. The number of hydrogen-bond donors (Lipinski definition) is 2. The Morgan fingerprint density at radius 3 is 2.45 bits per heavy atom. The van der Waals surface area contributed by atoms with Gasteiger partial charge in [0, 0.05) is 6.07 Å². The van der Waals surface area contributed by atoms with Crippen molar-refractivity contribution < 1.29 is 22.3 Å². The molecule has 2 rings (SSSR count). The highest BCUT2D eigenvalue weighted by Crippen LogP contribution is 2.24. The van der Waals surface area contributed by atoms with Crippen molar-refractivity contribution in [2.45, 2.75) is 11.8 Å². The van der Waals surface area contributed by atoms with Gasteiger partial charge in [0.2, 0.25) is 0 Å². The van der Waals surface area contributed by atoms with Crippen molar-refractivity contribution in [3.05, 3.63) is 53.6 Å². The minimum absolute atomic E-state index is 0.273. The third-order valence-electron chi connectivity index (χ3n) is 2.64. The van der Waals surface area contributed by atoms with Gasteiger partial charge in [-0.15, -0.1) is 0 Å². The minimum atomic E-state index is -4.11. The second kappa shape index (κ2) is 5.09. The lowest BCUT2D eigenvalue weighted by Crippen LogP contribution is -2.15. The maximum atomic E-state index is 13.5. The molecular formula is C13H11F2NO3S. The van der Waals surface area contributed by atoms with Gasteiger partial charge in [0.15, 0.2) is 5.82 Å². The van der Waals surface area contributed by atoms with Gasteiger partial charge in [0.25, 0.3) is 10.0 Å². The number of hydrogen-bond acceptors (Lipinski definition) is 3. The van der Waals surface area contributed by atoms with Crippen molar-refractivity contribution in [2.24, 2.45) is 0 Å². The third-order valence-corrected chi connectivity index (χ3v) is 4.14. The van der Waals surface area contributed by atoms with Crippen LogP contribution in [0.25, 0.3) is 0 Å². The van der Waals surface area contributed by atoms with Gasteiger partial charge < -0.3 is 5.11 Å². The Labute approximate surface area is 114 Å². The van der Waals surface area contributed by atoms with Crippen molar-refractivity contribution in [2.75, 3.05) is 4.72 Å². The Morgan fingerprint density at radius 1 is 1.10 bits per heavy atom. The summed E-state index contributed by atoms with van der Waals surface area (Å²) in [7, 11) is -4.11. The summed E-state index contributed by atoms with van der Waals surface area (Å²) in [6.07, 6.45) is 0. The van der Waals surface area contributed by atoms with Crippen LogP contribution < -0.4 is 4.72 Å². The van der Waals surface area contributed by atoms with Crippen LogP contribution in [0.5, 0.6) is 5.75 Å². The molecule has 20 heavy (non-hydrogen) atoms. The van der Waals surface area contributed by atoms with Crippen LogP contribution in [-0.4, -0.2) is 13.5 Å². The third kappa shape index (κ3) is 2.88.